The lowest BCUT2D eigenvalue weighted by Gasteiger charge is -2.00. The van der Waals surface area contributed by atoms with Crippen LogP contribution in [0.3, 0.4) is 0 Å². The normalized spacial score (nSPS) is 10.9. The van der Waals surface area contributed by atoms with Crippen LogP contribution in [0, 0.1) is 0 Å². The molecule has 18 heavy (non-hydrogen) atoms. The number of hydrogen-bond donors (Lipinski definition) is 3. The van der Waals surface area contributed by atoms with Gasteiger partial charge in [0.05, 0.1) is 5.02 Å². The Hall–Kier alpha value is -2.13. The fourth-order valence-corrected chi connectivity index (χ4v) is 1.79. The molecule has 0 heterocycles. The molecule has 3 N–H and O–H groups in total. The van der Waals surface area contributed by atoms with Gasteiger partial charge in [-0.1, -0.05) is 23.8 Å². The van der Waals surface area contributed by atoms with Crippen LogP contribution in [0.2, 0.25) is 5.02 Å². The van der Waals surface area contributed by atoms with Crippen LogP contribution in [0.15, 0.2) is 36.4 Å². The minimum atomic E-state index is -0.00791. The molecule has 0 aliphatic carbocycles. The summed E-state index contributed by atoms with van der Waals surface area (Å²) in [6.45, 7) is 0. The fraction of sp³-hybridized carbons (Fsp3) is 0. The maximum atomic E-state index is 9.33. The van der Waals surface area contributed by atoms with E-state index in [2.05, 4.69) is 0 Å². The van der Waals surface area contributed by atoms with Gasteiger partial charge < -0.3 is 15.3 Å². The second kappa shape index (κ2) is 5.02. The van der Waals surface area contributed by atoms with Gasteiger partial charge in [0.15, 0.2) is 0 Å². The summed E-state index contributed by atoms with van der Waals surface area (Å²) in [5.74, 6) is 0.0880. The van der Waals surface area contributed by atoms with Gasteiger partial charge in [0.1, 0.15) is 17.2 Å². The summed E-state index contributed by atoms with van der Waals surface area (Å²) < 4.78 is 0. The smallest absolute Gasteiger partial charge is 0.119 e. The maximum Gasteiger partial charge on any atom is 0.119 e. The highest BCUT2D eigenvalue weighted by atomic mass is 35.5. The molecule has 0 atom stereocenters. The Morgan fingerprint density at radius 1 is 0.778 bits per heavy atom. The molecule has 2 aromatic rings. The molecule has 0 unspecified atom stereocenters. The maximum absolute atomic E-state index is 9.33. The topological polar surface area (TPSA) is 60.7 Å². The van der Waals surface area contributed by atoms with Gasteiger partial charge in [0.2, 0.25) is 0 Å². The van der Waals surface area contributed by atoms with E-state index in [1.165, 1.54) is 30.3 Å². The predicted octanol–water partition coefficient (Wildman–Crippen LogP) is 3.63. The average Bonchev–Trinajstić information content (AvgIpc) is 2.26. The minimum absolute atomic E-state index is 0.00791. The number of aromatic hydroxyl groups is 3. The van der Waals surface area contributed by atoms with E-state index < -0.39 is 0 Å². The zero-order valence-electron chi connectivity index (χ0n) is 9.34. The van der Waals surface area contributed by atoms with E-state index in [1.807, 2.05) is 0 Å². The van der Waals surface area contributed by atoms with E-state index in [0.717, 1.165) is 5.56 Å². The van der Waals surface area contributed by atoms with Crippen LogP contribution in [0.5, 0.6) is 17.2 Å². The third-order valence-electron chi connectivity index (χ3n) is 2.36. The third kappa shape index (κ3) is 2.96. The van der Waals surface area contributed by atoms with E-state index in [4.69, 9.17) is 11.6 Å². The zero-order chi connectivity index (χ0) is 13.1. The van der Waals surface area contributed by atoms with Gasteiger partial charge in [-0.25, -0.2) is 0 Å². The van der Waals surface area contributed by atoms with Gasteiger partial charge in [0, 0.05) is 6.07 Å². The highest BCUT2D eigenvalue weighted by Crippen LogP contribution is 2.25. The highest BCUT2D eigenvalue weighted by Gasteiger charge is 1.99. The molecule has 0 spiro atoms. The van der Waals surface area contributed by atoms with Crippen molar-refractivity contribution in [2.45, 2.75) is 0 Å². The lowest BCUT2D eigenvalue weighted by molar-refractivity contribution is 0.450. The Morgan fingerprint density at radius 3 is 2.06 bits per heavy atom. The summed E-state index contributed by atoms with van der Waals surface area (Å²) in [7, 11) is 0. The number of phenols is 3. The number of benzene rings is 2. The molecule has 0 radical (unpaired) electrons. The Balaban J connectivity index is 2.29. The molecule has 0 aliphatic rings. The van der Waals surface area contributed by atoms with Crippen molar-refractivity contribution in [1.29, 1.82) is 0 Å². The van der Waals surface area contributed by atoms with Crippen LogP contribution in [0.25, 0.3) is 12.2 Å². The Morgan fingerprint density at radius 2 is 1.44 bits per heavy atom. The number of rotatable bonds is 2. The van der Waals surface area contributed by atoms with Crippen LogP contribution in [-0.2, 0) is 0 Å². The molecule has 0 fully saturated rings. The summed E-state index contributed by atoms with van der Waals surface area (Å²) in [6.07, 6.45) is 3.44. The minimum Gasteiger partial charge on any atom is -0.508 e. The van der Waals surface area contributed by atoms with Crippen molar-refractivity contribution in [1.82, 2.24) is 0 Å². The summed E-state index contributed by atoms with van der Waals surface area (Å²) in [4.78, 5) is 0. The number of phenolic OH excluding ortho intramolecular Hbond substituents is 3. The Kier molecular flexibility index (Phi) is 3.44. The molecule has 2 aromatic carbocycles. The van der Waals surface area contributed by atoms with Gasteiger partial charge in [0.25, 0.3) is 0 Å². The highest BCUT2D eigenvalue weighted by molar-refractivity contribution is 6.32. The lowest BCUT2D eigenvalue weighted by Crippen LogP contribution is -1.76. The molecule has 92 valence electrons. The quantitative estimate of drug-likeness (QED) is 0.725. The van der Waals surface area contributed by atoms with Crippen molar-refractivity contribution >= 4 is 23.8 Å². The van der Waals surface area contributed by atoms with Crippen molar-refractivity contribution in [3.8, 4) is 17.2 Å². The first kappa shape index (κ1) is 12.3. The van der Waals surface area contributed by atoms with Gasteiger partial charge in [-0.15, -0.1) is 0 Å². The van der Waals surface area contributed by atoms with Crippen LogP contribution in [0.1, 0.15) is 11.1 Å². The van der Waals surface area contributed by atoms with E-state index in [9.17, 15) is 15.3 Å². The molecule has 0 aliphatic heterocycles. The van der Waals surface area contributed by atoms with Gasteiger partial charge in [-0.3, -0.25) is 0 Å². The first-order valence-electron chi connectivity index (χ1n) is 5.24. The van der Waals surface area contributed by atoms with Crippen molar-refractivity contribution in [2.24, 2.45) is 0 Å². The van der Waals surface area contributed by atoms with Crippen LogP contribution < -0.4 is 0 Å². The van der Waals surface area contributed by atoms with E-state index in [-0.39, 0.29) is 17.2 Å². The SMILES string of the molecule is Oc1cc(O)cc(/C=C/c2ccc(O)cc2Cl)c1. The Labute approximate surface area is 109 Å². The average molecular weight is 263 g/mol. The van der Waals surface area contributed by atoms with Crippen LogP contribution >= 0.6 is 11.6 Å². The van der Waals surface area contributed by atoms with Gasteiger partial charge in [-0.05, 0) is 41.5 Å². The van der Waals surface area contributed by atoms with Crippen molar-refractivity contribution < 1.29 is 15.3 Å². The molecule has 2 rings (SSSR count). The Bertz CT molecular complexity index is 586. The van der Waals surface area contributed by atoms with Crippen molar-refractivity contribution in [2.75, 3.05) is 0 Å². The van der Waals surface area contributed by atoms with E-state index >= 15 is 0 Å². The monoisotopic (exact) mass is 262 g/mol. The molecule has 0 saturated carbocycles. The summed E-state index contributed by atoms with van der Waals surface area (Å²) in [6, 6.07) is 8.95. The second-order valence-corrected chi connectivity index (χ2v) is 4.23. The van der Waals surface area contributed by atoms with E-state index in [1.54, 1.807) is 18.2 Å². The van der Waals surface area contributed by atoms with Crippen LogP contribution in [0.4, 0.5) is 0 Å². The number of hydrogen-bond acceptors (Lipinski definition) is 3. The number of halogens is 1. The molecule has 0 saturated heterocycles. The van der Waals surface area contributed by atoms with Crippen LogP contribution in [-0.4, -0.2) is 15.3 Å². The molecule has 0 aromatic heterocycles. The second-order valence-electron chi connectivity index (χ2n) is 3.82. The molecular weight excluding hydrogens is 252 g/mol. The summed E-state index contributed by atoms with van der Waals surface area (Å²) in [5, 5.41) is 28.3. The first-order chi connectivity index (χ1) is 8.54. The molecule has 0 amide bonds. The largest absolute Gasteiger partial charge is 0.508 e. The van der Waals surface area contributed by atoms with Crippen molar-refractivity contribution in [3.63, 3.8) is 0 Å². The van der Waals surface area contributed by atoms with Gasteiger partial charge >= 0.3 is 0 Å². The summed E-state index contributed by atoms with van der Waals surface area (Å²) in [5.41, 5.74) is 1.38. The third-order valence-corrected chi connectivity index (χ3v) is 2.69. The van der Waals surface area contributed by atoms with Gasteiger partial charge in [-0.2, -0.15) is 0 Å². The molecule has 4 heteroatoms. The first-order valence-corrected chi connectivity index (χ1v) is 5.62. The predicted molar refractivity (Wildman–Crippen MR) is 71.8 cm³/mol. The fourth-order valence-electron chi connectivity index (χ4n) is 1.55. The van der Waals surface area contributed by atoms with Crippen molar-refractivity contribution in [3.05, 3.63) is 52.5 Å². The summed E-state index contributed by atoms with van der Waals surface area (Å²) >= 11 is 5.95. The molecular formula is C14H11ClO3. The standard InChI is InChI=1S/C14H11ClO3/c15-14-8-11(16)4-3-10(14)2-1-9-5-12(17)7-13(18)6-9/h1-8,16-18H/b2-1+. The molecule has 0 bridgehead atoms. The van der Waals surface area contributed by atoms with E-state index in [0.29, 0.717) is 10.6 Å². The lowest BCUT2D eigenvalue weighted by atomic mass is 10.1. The molecule has 3 nitrogen and oxygen atoms in total. The zero-order valence-corrected chi connectivity index (χ0v) is 10.1.